The number of nitrogens with zero attached hydrogens (tertiary/aromatic N) is 1. The Balaban J connectivity index is 1.63. The number of epoxide rings is 1. The number of rotatable bonds is 4. The van der Waals surface area contributed by atoms with Gasteiger partial charge in [0.15, 0.2) is 0 Å². The van der Waals surface area contributed by atoms with Gasteiger partial charge < -0.3 is 25.4 Å². The van der Waals surface area contributed by atoms with E-state index in [1.165, 1.54) is 11.3 Å². The van der Waals surface area contributed by atoms with Gasteiger partial charge >= 0.3 is 5.97 Å². The summed E-state index contributed by atoms with van der Waals surface area (Å²) >= 11 is 1.53. The lowest BCUT2D eigenvalue weighted by molar-refractivity contribution is -0.156. The summed E-state index contributed by atoms with van der Waals surface area (Å²) in [5.41, 5.74) is 5.72. The molecule has 1 aromatic heterocycles. The first-order valence-electron chi connectivity index (χ1n) is 14.2. The predicted molar refractivity (Wildman–Crippen MR) is 154 cm³/mol. The van der Waals surface area contributed by atoms with Crippen molar-refractivity contribution < 1.29 is 29.3 Å². The van der Waals surface area contributed by atoms with E-state index in [4.69, 9.17) is 21.6 Å². The van der Waals surface area contributed by atoms with Crippen LogP contribution in [0.3, 0.4) is 0 Å². The average Bonchev–Trinajstić information content (AvgIpc) is 3.35. The van der Waals surface area contributed by atoms with Crippen LogP contribution in [-0.2, 0) is 25.6 Å². The molecular weight excluding hydrogens is 528 g/mol. The normalized spacial score (nSPS) is 33.6. The van der Waals surface area contributed by atoms with Gasteiger partial charge in [-0.2, -0.15) is 0 Å². The van der Waals surface area contributed by atoms with E-state index in [1.54, 1.807) is 13.8 Å². The molecule has 2 aromatic rings. The molecule has 8 nitrogen and oxygen atoms in total. The van der Waals surface area contributed by atoms with Gasteiger partial charge in [0.25, 0.3) is 0 Å². The van der Waals surface area contributed by atoms with Crippen molar-refractivity contribution in [1.82, 2.24) is 4.98 Å². The molecule has 0 radical (unpaired) electrons. The Morgan fingerprint density at radius 2 is 2.00 bits per heavy atom. The van der Waals surface area contributed by atoms with E-state index in [0.29, 0.717) is 25.8 Å². The van der Waals surface area contributed by atoms with Crippen molar-refractivity contribution in [2.45, 2.75) is 109 Å². The summed E-state index contributed by atoms with van der Waals surface area (Å²) in [6, 6.07) is 5.81. The number of benzene rings is 1. The Hall–Kier alpha value is -2.35. The van der Waals surface area contributed by atoms with Crippen molar-refractivity contribution in [1.29, 1.82) is 0 Å². The lowest BCUT2D eigenvalue weighted by Crippen LogP contribution is -2.46. The number of aliphatic hydroxyl groups is 2. The number of ketones is 1. The highest BCUT2D eigenvalue weighted by atomic mass is 32.1. The highest BCUT2D eigenvalue weighted by molar-refractivity contribution is 7.18. The number of hydrogen-bond donors (Lipinski definition) is 3. The molecule has 0 aliphatic carbocycles. The number of thiazole rings is 1. The van der Waals surface area contributed by atoms with Crippen LogP contribution in [0.25, 0.3) is 10.2 Å². The molecule has 4 rings (SSSR count). The van der Waals surface area contributed by atoms with Crippen molar-refractivity contribution in [3.63, 3.8) is 0 Å². The molecule has 0 unspecified atom stereocenters. The molecule has 9 heteroatoms. The third-order valence-corrected chi connectivity index (χ3v) is 9.89. The van der Waals surface area contributed by atoms with Crippen LogP contribution in [0.1, 0.15) is 89.3 Å². The lowest BCUT2D eigenvalue weighted by Gasteiger charge is -2.36. The summed E-state index contributed by atoms with van der Waals surface area (Å²) < 4.78 is 13.1. The molecule has 0 saturated carbocycles. The summed E-state index contributed by atoms with van der Waals surface area (Å²) in [6.07, 6.45) is 5.65. The molecule has 3 heterocycles. The number of carbonyl (C=O) groups excluding carboxylic acids is 2. The molecule has 7 atom stereocenters. The smallest absolute Gasteiger partial charge is 0.309 e. The second kappa shape index (κ2) is 12.3. The molecule has 4 N–H and O–H groups in total. The van der Waals surface area contributed by atoms with Crippen LogP contribution < -0.4 is 5.73 Å². The van der Waals surface area contributed by atoms with Crippen LogP contribution in [0.2, 0.25) is 0 Å². The highest BCUT2D eigenvalue weighted by Crippen LogP contribution is 2.47. The minimum absolute atomic E-state index is 0.101. The number of cyclic esters (lactones) is 1. The Labute approximate surface area is 240 Å². The van der Waals surface area contributed by atoms with Gasteiger partial charge in [-0.05, 0) is 49.8 Å². The van der Waals surface area contributed by atoms with Gasteiger partial charge in [-0.1, -0.05) is 33.3 Å². The Bertz CT molecular complexity index is 1270. The van der Waals surface area contributed by atoms with E-state index in [2.05, 4.69) is 17.8 Å². The van der Waals surface area contributed by atoms with Gasteiger partial charge in [0, 0.05) is 25.3 Å². The fraction of sp³-hybridized carbons (Fsp3) is 0.645. The molecule has 0 bridgehead atoms. The first kappa shape index (κ1) is 30.6. The third kappa shape index (κ3) is 6.58. The third-order valence-electron chi connectivity index (χ3n) is 8.83. The molecule has 0 amide bonds. The predicted octanol–water partition coefficient (Wildman–Crippen LogP) is 4.44. The van der Waals surface area contributed by atoms with Crippen molar-refractivity contribution in [3.05, 3.63) is 28.8 Å². The molecule has 0 spiro atoms. The monoisotopic (exact) mass is 570 g/mol. The number of fused-ring (bicyclic) bond motifs is 2. The van der Waals surface area contributed by atoms with E-state index in [-0.39, 0.29) is 29.8 Å². The second-order valence-corrected chi connectivity index (χ2v) is 13.3. The van der Waals surface area contributed by atoms with Gasteiger partial charge in [0.05, 0.1) is 46.0 Å². The lowest BCUT2D eigenvalue weighted by atomic mass is 9.71. The summed E-state index contributed by atoms with van der Waals surface area (Å²) in [5, 5.41) is 23.2. The number of hydrogen-bond acceptors (Lipinski definition) is 9. The second-order valence-electron chi connectivity index (χ2n) is 12.2. The zero-order valence-electron chi connectivity index (χ0n) is 23.9. The Morgan fingerprint density at radius 1 is 1.25 bits per heavy atom. The van der Waals surface area contributed by atoms with E-state index in [0.717, 1.165) is 40.1 Å². The highest BCUT2D eigenvalue weighted by Gasteiger charge is 2.53. The van der Waals surface area contributed by atoms with E-state index < -0.39 is 35.6 Å². The Morgan fingerprint density at radius 3 is 2.70 bits per heavy atom. The van der Waals surface area contributed by atoms with Crippen LogP contribution in [0.4, 0.5) is 0 Å². The molecule has 2 aliphatic rings. The number of Topliss-reactive ketones (excluding diaryl/α,β-unsaturated/α-hetero) is 1. The number of nitrogens with two attached hydrogens (primary N) is 1. The zero-order chi connectivity index (χ0) is 29.2. The number of aromatic nitrogens is 1. The first-order chi connectivity index (χ1) is 18.9. The van der Waals surface area contributed by atoms with Crippen LogP contribution in [-0.4, -0.2) is 50.9 Å². The van der Waals surface area contributed by atoms with Gasteiger partial charge in [-0.3, -0.25) is 9.59 Å². The Kier molecular flexibility index (Phi) is 9.38. The van der Waals surface area contributed by atoms with E-state index in [1.807, 2.05) is 25.1 Å². The maximum atomic E-state index is 13.7. The quantitative estimate of drug-likeness (QED) is 0.279. The maximum Gasteiger partial charge on any atom is 0.309 e. The number of terminal acetylenes is 1. The largest absolute Gasteiger partial charge is 0.457 e. The summed E-state index contributed by atoms with van der Waals surface area (Å²) in [6.45, 7) is 7.58. The van der Waals surface area contributed by atoms with Gasteiger partial charge in [-0.25, -0.2) is 4.98 Å². The fourth-order valence-corrected chi connectivity index (χ4v) is 6.66. The van der Waals surface area contributed by atoms with Gasteiger partial charge in [0.2, 0.25) is 0 Å². The minimum Gasteiger partial charge on any atom is -0.457 e. The minimum atomic E-state index is -1.30. The number of aliphatic hydroxyl groups excluding tert-OH is 2. The van der Waals surface area contributed by atoms with Gasteiger partial charge in [0.1, 0.15) is 16.9 Å². The number of esters is 1. The summed E-state index contributed by atoms with van der Waals surface area (Å²) in [4.78, 5) is 31.5. The molecule has 218 valence electrons. The molecule has 40 heavy (non-hydrogen) atoms. The first-order valence-corrected chi connectivity index (χ1v) is 15.0. The van der Waals surface area contributed by atoms with Crippen LogP contribution in [0.15, 0.2) is 18.2 Å². The van der Waals surface area contributed by atoms with Gasteiger partial charge in [-0.15, -0.1) is 23.7 Å². The average molecular weight is 571 g/mol. The zero-order valence-corrected chi connectivity index (χ0v) is 24.7. The standard InChI is InChI=1S/C31H42N2O6S/c1-6-7-10-20-28(36)18(2)9-8-13-31(5)25(39-31)15-22(38-27(35)16-24(34)30(3,4)29(20)37)19-11-12-23-21(14-19)33-26(17-32)40-23/h1,11-12,14,18,20,22,24-25,28,34,36H,7-10,13,15-17,32H2,2-5H3/t18-,20+,22-,24-,25-,28+,31+/m0/s1. The van der Waals surface area contributed by atoms with Crippen molar-refractivity contribution in [3.8, 4) is 12.3 Å². The van der Waals surface area contributed by atoms with E-state index >= 15 is 0 Å². The summed E-state index contributed by atoms with van der Waals surface area (Å²) in [7, 11) is 0. The number of carbonyl (C=O) groups is 2. The molecule has 1 aromatic carbocycles. The van der Waals surface area contributed by atoms with Crippen molar-refractivity contribution >= 4 is 33.3 Å². The summed E-state index contributed by atoms with van der Waals surface area (Å²) in [5.74, 6) is 0.772. The molecule has 2 fully saturated rings. The van der Waals surface area contributed by atoms with E-state index in [9.17, 15) is 19.8 Å². The molecule has 2 aliphatic heterocycles. The van der Waals surface area contributed by atoms with Crippen molar-refractivity contribution in [2.75, 3.05) is 0 Å². The number of ether oxygens (including phenoxy) is 2. The fourth-order valence-electron chi connectivity index (χ4n) is 5.83. The van der Waals surface area contributed by atoms with Crippen LogP contribution >= 0.6 is 11.3 Å². The molecular formula is C31H42N2O6S. The SMILES string of the molecule is C#CCC[C@H]1C(=O)C(C)(C)[C@@H](O)CC(=O)O[C@H](c2ccc3sc(CN)nc3c2)C[C@@H]2O[C@]2(C)CCC[C@H](C)[C@H]1O. The topological polar surface area (TPSA) is 135 Å². The van der Waals surface area contributed by atoms with Crippen molar-refractivity contribution in [2.24, 2.45) is 23.0 Å². The van der Waals surface area contributed by atoms with Crippen LogP contribution in [0, 0.1) is 29.6 Å². The van der Waals surface area contributed by atoms with Crippen LogP contribution in [0.5, 0.6) is 0 Å². The molecule has 2 saturated heterocycles. The maximum absolute atomic E-state index is 13.7.